The van der Waals surface area contributed by atoms with Crippen LogP contribution in [0.15, 0.2) is 41.3 Å². The Morgan fingerprint density at radius 3 is 2.34 bits per heavy atom. The molecule has 1 atom stereocenters. The molecule has 3 aromatic rings. The smallest absolute Gasteiger partial charge is 0.361 e. The number of alkyl halides is 6. The summed E-state index contributed by atoms with van der Waals surface area (Å²) in [7, 11) is 0. The number of hydrogen-bond donors (Lipinski definition) is 2. The van der Waals surface area contributed by atoms with Gasteiger partial charge in [-0.05, 0) is 30.7 Å². The SMILES string of the molecule is CC[C@@H](NC(=O)c1cn(-c2ccc(F)cc2F)c2nc(NCC(F)(F)F)ccc2c1=O)C(F)(F)F. The number of nitrogens with one attached hydrogen (secondary N) is 2. The molecule has 0 aliphatic carbocycles. The molecule has 0 aliphatic heterocycles. The van der Waals surface area contributed by atoms with Gasteiger partial charge in [0.05, 0.1) is 11.1 Å². The minimum Gasteiger partial charge on any atom is -0.361 e. The number of anilines is 1. The number of halogens is 8. The molecule has 6 nitrogen and oxygen atoms in total. The Bertz CT molecular complexity index is 1320. The lowest BCUT2D eigenvalue weighted by atomic mass is 10.1. The van der Waals surface area contributed by atoms with Crippen molar-refractivity contribution in [1.29, 1.82) is 0 Å². The Morgan fingerprint density at radius 2 is 1.77 bits per heavy atom. The largest absolute Gasteiger partial charge is 0.408 e. The molecule has 1 amide bonds. The molecule has 1 aromatic carbocycles. The molecule has 0 fully saturated rings. The highest BCUT2D eigenvalue weighted by atomic mass is 19.4. The van der Waals surface area contributed by atoms with Crippen molar-refractivity contribution in [3.63, 3.8) is 0 Å². The third-order valence-electron chi connectivity index (χ3n) is 4.84. The number of fused-ring (bicyclic) bond motifs is 1. The van der Waals surface area contributed by atoms with Gasteiger partial charge in [0.15, 0.2) is 5.65 Å². The van der Waals surface area contributed by atoms with Crippen LogP contribution in [-0.2, 0) is 0 Å². The number of carbonyl (C=O) groups excluding carboxylic acids is 1. The second-order valence-electron chi connectivity index (χ2n) is 7.35. The van der Waals surface area contributed by atoms with Crippen molar-refractivity contribution in [3.8, 4) is 5.69 Å². The van der Waals surface area contributed by atoms with Gasteiger partial charge in [0.1, 0.15) is 35.6 Å². The Labute approximate surface area is 191 Å². The summed E-state index contributed by atoms with van der Waals surface area (Å²) in [4.78, 5) is 29.4. The number of rotatable bonds is 6. The van der Waals surface area contributed by atoms with Crippen LogP contribution in [0.2, 0.25) is 0 Å². The molecule has 35 heavy (non-hydrogen) atoms. The molecule has 2 N–H and O–H groups in total. The van der Waals surface area contributed by atoms with E-state index in [1.165, 1.54) is 0 Å². The lowest BCUT2D eigenvalue weighted by Gasteiger charge is -2.20. The summed E-state index contributed by atoms with van der Waals surface area (Å²) in [5.41, 5.74) is -2.80. The zero-order valence-corrected chi connectivity index (χ0v) is 17.7. The van der Waals surface area contributed by atoms with Gasteiger partial charge in [0.2, 0.25) is 5.43 Å². The monoisotopic (exact) mass is 508 g/mol. The van der Waals surface area contributed by atoms with Crippen molar-refractivity contribution in [2.75, 3.05) is 11.9 Å². The minimum absolute atomic E-state index is 0.370. The summed E-state index contributed by atoms with van der Waals surface area (Å²) in [6.45, 7) is -0.332. The molecule has 0 saturated heterocycles. The highest BCUT2D eigenvalue weighted by molar-refractivity contribution is 5.97. The Kier molecular flexibility index (Phi) is 7.03. The third-order valence-corrected chi connectivity index (χ3v) is 4.84. The number of hydrogen-bond acceptors (Lipinski definition) is 4. The molecule has 3 rings (SSSR count). The van der Waals surface area contributed by atoms with Gasteiger partial charge >= 0.3 is 12.4 Å². The lowest BCUT2D eigenvalue weighted by Crippen LogP contribution is -2.46. The second-order valence-corrected chi connectivity index (χ2v) is 7.35. The van der Waals surface area contributed by atoms with E-state index < -0.39 is 76.6 Å². The number of aromatic nitrogens is 2. The average molecular weight is 508 g/mol. The van der Waals surface area contributed by atoms with Gasteiger partial charge in [-0.1, -0.05) is 6.92 Å². The van der Waals surface area contributed by atoms with Crippen molar-refractivity contribution >= 4 is 22.8 Å². The van der Waals surface area contributed by atoms with Gasteiger partial charge in [-0.3, -0.25) is 14.2 Å². The van der Waals surface area contributed by atoms with Gasteiger partial charge < -0.3 is 10.6 Å². The molecule has 0 aliphatic rings. The number of carbonyl (C=O) groups is 1. The minimum atomic E-state index is -4.82. The second kappa shape index (κ2) is 9.50. The molecule has 0 radical (unpaired) electrons. The summed E-state index contributed by atoms with van der Waals surface area (Å²) in [5, 5.41) is 3.26. The summed E-state index contributed by atoms with van der Waals surface area (Å²) in [6.07, 6.45) is -9.28. The lowest BCUT2D eigenvalue weighted by molar-refractivity contribution is -0.153. The van der Waals surface area contributed by atoms with Crippen molar-refractivity contribution in [2.24, 2.45) is 0 Å². The summed E-state index contributed by atoms with van der Waals surface area (Å²) in [5.74, 6) is -3.97. The fourth-order valence-corrected chi connectivity index (χ4v) is 3.17. The molecule has 14 heteroatoms. The van der Waals surface area contributed by atoms with Gasteiger partial charge in [-0.15, -0.1) is 0 Å². The Balaban J connectivity index is 2.21. The van der Waals surface area contributed by atoms with Crippen LogP contribution in [0.25, 0.3) is 16.7 Å². The van der Waals surface area contributed by atoms with E-state index in [1.807, 2.05) is 5.32 Å². The third kappa shape index (κ3) is 5.87. The van der Waals surface area contributed by atoms with Crippen LogP contribution in [0, 0.1) is 11.6 Å². The summed E-state index contributed by atoms with van der Waals surface area (Å²) < 4.78 is 106. The van der Waals surface area contributed by atoms with Crippen molar-refractivity contribution in [2.45, 2.75) is 31.7 Å². The molecule has 0 bridgehead atoms. The van der Waals surface area contributed by atoms with Gasteiger partial charge in [-0.2, -0.15) is 26.3 Å². The first-order chi connectivity index (χ1) is 16.2. The predicted octanol–water partition coefficient (Wildman–Crippen LogP) is 4.71. The quantitative estimate of drug-likeness (QED) is 0.473. The van der Waals surface area contributed by atoms with Crippen molar-refractivity contribution in [3.05, 3.63) is 63.9 Å². The van der Waals surface area contributed by atoms with E-state index in [-0.39, 0.29) is 5.82 Å². The maximum absolute atomic E-state index is 14.5. The molecule has 2 aromatic heterocycles. The fourth-order valence-electron chi connectivity index (χ4n) is 3.17. The predicted molar refractivity (Wildman–Crippen MR) is 109 cm³/mol. The zero-order chi connectivity index (χ0) is 26.1. The number of nitrogens with zero attached hydrogens (tertiary/aromatic N) is 2. The Hall–Kier alpha value is -3.71. The van der Waals surface area contributed by atoms with E-state index in [4.69, 9.17) is 0 Å². The van der Waals surface area contributed by atoms with Crippen LogP contribution >= 0.6 is 0 Å². The molecular weight excluding hydrogens is 492 g/mol. The van der Waals surface area contributed by atoms with Crippen LogP contribution in [0.3, 0.4) is 0 Å². The van der Waals surface area contributed by atoms with E-state index in [0.29, 0.717) is 12.3 Å². The summed E-state index contributed by atoms with van der Waals surface area (Å²) in [6, 6.07) is 1.87. The van der Waals surface area contributed by atoms with E-state index in [1.54, 1.807) is 5.32 Å². The number of pyridine rings is 2. The highest BCUT2D eigenvalue weighted by Gasteiger charge is 2.39. The standard InChI is InChI=1S/C21H16F8N4O2/c1-2-15(21(27,28)29)31-19(35)12-8-33(14-5-3-10(22)7-13(14)23)18-11(17(12)34)4-6-16(32-18)30-9-20(24,25)26/h3-8,15H,2,9H2,1H3,(H,30,32)(H,31,35)/t15-/m1/s1. The first-order valence-corrected chi connectivity index (χ1v) is 9.91. The highest BCUT2D eigenvalue weighted by Crippen LogP contribution is 2.24. The van der Waals surface area contributed by atoms with Crippen molar-refractivity contribution < 1.29 is 39.9 Å². The average Bonchev–Trinajstić information content (AvgIpc) is 2.75. The number of amides is 1. The van der Waals surface area contributed by atoms with Gasteiger partial charge in [0, 0.05) is 12.3 Å². The van der Waals surface area contributed by atoms with Crippen LogP contribution in [0.1, 0.15) is 23.7 Å². The van der Waals surface area contributed by atoms with E-state index >= 15 is 0 Å². The molecular formula is C21H16F8N4O2. The molecule has 0 unspecified atom stereocenters. The van der Waals surface area contributed by atoms with Crippen molar-refractivity contribution in [1.82, 2.24) is 14.9 Å². The van der Waals surface area contributed by atoms with Crippen LogP contribution in [0.4, 0.5) is 40.9 Å². The van der Waals surface area contributed by atoms with Crippen LogP contribution in [-0.4, -0.2) is 40.4 Å². The summed E-state index contributed by atoms with van der Waals surface area (Å²) >= 11 is 0. The molecule has 0 spiro atoms. The van der Waals surface area contributed by atoms with Gasteiger partial charge in [0.25, 0.3) is 5.91 Å². The fraction of sp³-hybridized carbons (Fsp3) is 0.286. The molecule has 188 valence electrons. The maximum Gasteiger partial charge on any atom is 0.408 e. The van der Waals surface area contributed by atoms with E-state index in [0.717, 1.165) is 35.8 Å². The van der Waals surface area contributed by atoms with E-state index in [2.05, 4.69) is 4.98 Å². The zero-order valence-electron chi connectivity index (χ0n) is 17.7. The first kappa shape index (κ1) is 25.9. The van der Waals surface area contributed by atoms with Crippen LogP contribution < -0.4 is 16.1 Å². The molecule has 2 heterocycles. The Morgan fingerprint density at radius 1 is 1.09 bits per heavy atom. The number of benzene rings is 1. The topological polar surface area (TPSA) is 76.0 Å². The first-order valence-electron chi connectivity index (χ1n) is 9.91. The van der Waals surface area contributed by atoms with Crippen LogP contribution in [0.5, 0.6) is 0 Å². The normalized spacial score (nSPS) is 13.1. The van der Waals surface area contributed by atoms with Gasteiger partial charge in [-0.25, -0.2) is 13.8 Å². The molecule has 0 saturated carbocycles. The maximum atomic E-state index is 14.5. The van der Waals surface area contributed by atoms with E-state index in [9.17, 15) is 44.7 Å².